The topological polar surface area (TPSA) is 67.8 Å². The average Bonchev–Trinajstić information content (AvgIpc) is 2.76. The Morgan fingerprint density at radius 3 is 2.00 bits per heavy atom. The molecule has 172 valence electrons. The molecule has 1 atom stereocenters. The van der Waals surface area contributed by atoms with Crippen LogP contribution in [0.3, 0.4) is 0 Å². The van der Waals surface area contributed by atoms with E-state index >= 15 is 0 Å². The Morgan fingerprint density at radius 1 is 0.758 bits per heavy atom. The van der Waals surface area contributed by atoms with Crippen molar-refractivity contribution >= 4 is 34.8 Å². The molecular formula is C27H30NO4P. The molecule has 4 rings (SSSR count). The second kappa shape index (κ2) is 9.56. The Morgan fingerprint density at radius 2 is 1.33 bits per heavy atom. The van der Waals surface area contributed by atoms with Crippen LogP contribution in [0, 0.1) is 0 Å². The first-order valence-electron chi connectivity index (χ1n) is 11.2. The summed E-state index contributed by atoms with van der Waals surface area (Å²) in [5.74, 6) is -0.888. The van der Waals surface area contributed by atoms with Gasteiger partial charge in [-0.05, 0) is 67.4 Å². The molecule has 2 N–H and O–H groups in total. The second-order valence-corrected chi connectivity index (χ2v) is 10.7. The lowest BCUT2D eigenvalue weighted by molar-refractivity contribution is 0.138. The number of nitrogens with one attached hydrogen (secondary N) is 1. The highest BCUT2D eigenvalue weighted by molar-refractivity contribution is 7.54. The fourth-order valence-electron chi connectivity index (χ4n) is 4.05. The summed E-state index contributed by atoms with van der Waals surface area (Å²) in [6, 6.07) is 25.2. The van der Waals surface area contributed by atoms with E-state index in [2.05, 4.69) is 5.32 Å². The van der Waals surface area contributed by atoms with Crippen molar-refractivity contribution in [3.05, 3.63) is 84.4 Å². The average molecular weight is 464 g/mol. The second-order valence-electron chi connectivity index (χ2n) is 8.68. The Labute approximate surface area is 194 Å². The molecule has 0 amide bonds. The zero-order valence-electron chi connectivity index (χ0n) is 19.4. The third-order valence-electron chi connectivity index (χ3n) is 5.31. The predicted molar refractivity (Wildman–Crippen MR) is 136 cm³/mol. The number of fused-ring (bicyclic) bond motifs is 2. The normalized spacial score (nSPS) is 13.2. The summed E-state index contributed by atoms with van der Waals surface area (Å²) in [7, 11) is -3.79. The van der Waals surface area contributed by atoms with Crippen molar-refractivity contribution in [1.82, 2.24) is 0 Å². The van der Waals surface area contributed by atoms with Gasteiger partial charge in [0.05, 0.1) is 12.2 Å². The van der Waals surface area contributed by atoms with Crippen LogP contribution in [0.5, 0.6) is 5.75 Å². The van der Waals surface area contributed by atoms with Gasteiger partial charge in [-0.1, -0.05) is 60.7 Å². The van der Waals surface area contributed by atoms with Crippen LogP contribution in [0.2, 0.25) is 0 Å². The summed E-state index contributed by atoms with van der Waals surface area (Å²) < 4.78 is 26.4. The Balaban J connectivity index is 1.92. The van der Waals surface area contributed by atoms with Gasteiger partial charge in [-0.3, -0.25) is 4.57 Å². The van der Waals surface area contributed by atoms with Gasteiger partial charge in [-0.2, -0.15) is 0 Å². The highest BCUT2D eigenvalue weighted by atomic mass is 31.2. The Hall–Kier alpha value is -2.85. The van der Waals surface area contributed by atoms with Crippen LogP contribution in [0.1, 0.15) is 39.0 Å². The summed E-state index contributed by atoms with van der Waals surface area (Å²) >= 11 is 0. The summed E-state index contributed by atoms with van der Waals surface area (Å²) in [4.78, 5) is 0. The number of hydrogen-bond acceptors (Lipinski definition) is 5. The third-order valence-corrected chi connectivity index (χ3v) is 7.76. The van der Waals surface area contributed by atoms with E-state index in [0.29, 0.717) is 5.56 Å². The standard InChI is InChI=1S/C27H30NO4P/c1-18(2)31-33(30,32-19(3)4)27(26-24-12-8-7-10-21(24)14-16-25(26)29)28-23-15-13-20-9-5-6-11-22(20)17-23/h5-19,27-29H,1-4H3. The molecule has 0 saturated carbocycles. The number of benzene rings is 4. The fraction of sp³-hybridized carbons (Fsp3) is 0.259. The van der Waals surface area contributed by atoms with Crippen LogP contribution in [-0.4, -0.2) is 17.3 Å². The molecule has 4 aromatic carbocycles. The minimum Gasteiger partial charge on any atom is -0.508 e. The minimum atomic E-state index is -3.79. The predicted octanol–water partition coefficient (Wildman–Crippen LogP) is 7.85. The molecule has 0 aliphatic heterocycles. The summed E-state index contributed by atoms with van der Waals surface area (Å²) in [6.45, 7) is 7.30. The maximum atomic E-state index is 14.4. The van der Waals surface area contributed by atoms with Crippen molar-refractivity contribution in [2.45, 2.75) is 45.7 Å². The van der Waals surface area contributed by atoms with E-state index in [1.54, 1.807) is 6.07 Å². The molecule has 0 heterocycles. The van der Waals surface area contributed by atoms with E-state index in [9.17, 15) is 9.67 Å². The SMILES string of the molecule is CC(C)OP(=O)(OC(C)C)C(Nc1ccc2ccccc2c1)c1c(O)ccc2ccccc12. The molecule has 1 unspecified atom stereocenters. The summed E-state index contributed by atoms with van der Waals surface area (Å²) in [5.41, 5.74) is 1.25. The molecule has 0 spiro atoms. The number of anilines is 1. The zero-order chi connectivity index (χ0) is 23.6. The lowest BCUT2D eigenvalue weighted by Gasteiger charge is -2.32. The molecular weight excluding hydrogens is 433 g/mol. The summed E-state index contributed by atoms with van der Waals surface area (Å²) in [5, 5.41) is 18.3. The first-order chi connectivity index (χ1) is 15.8. The largest absolute Gasteiger partial charge is 0.508 e. The molecule has 0 aromatic heterocycles. The maximum absolute atomic E-state index is 14.4. The molecule has 5 nitrogen and oxygen atoms in total. The molecule has 0 radical (unpaired) electrons. The highest BCUT2D eigenvalue weighted by Crippen LogP contribution is 2.64. The van der Waals surface area contributed by atoms with Crippen LogP contribution in [0.25, 0.3) is 21.5 Å². The smallest absolute Gasteiger partial charge is 0.357 e. The van der Waals surface area contributed by atoms with E-state index in [4.69, 9.17) is 9.05 Å². The highest BCUT2D eigenvalue weighted by Gasteiger charge is 2.41. The van der Waals surface area contributed by atoms with Crippen LogP contribution < -0.4 is 5.32 Å². The van der Waals surface area contributed by atoms with Crippen molar-refractivity contribution in [2.24, 2.45) is 0 Å². The van der Waals surface area contributed by atoms with Gasteiger partial charge in [-0.15, -0.1) is 0 Å². The molecule has 33 heavy (non-hydrogen) atoms. The van der Waals surface area contributed by atoms with Gasteiger partial charge in [0.2, 0.25) is 0 Å². The minimum absolute atomic E-state index is 0.0342. The third kappa shape index (κ3) is 5.06. The molecule has 0 aliphatic rings. The molecule has 0 aliphatic carbocycles. The quantitative estimate of drug-likeness (QED) is 0.260. The van der Waals surface area contributed by atoms with Gasteiger partial charge in [0.15, 0.2) is 5.78 Å². The molecule has 6 heteroatoms. The van der Waals surface area contributed by atoms with Gasteiger partial charge in [0, 0.05) is 11.3 Å². The van der Waals surface area contributed by atoms with Crippen molar-refractivity contribution in [1.29, 1.82) is 0 Å². The van der Waals surface area contributed by atoms with Crippen molar-refractivity contribution < 1.29 is 18.7 Å². The van der Waals surface area contributed by atoms with E-state index in [1.165, 1.54) is 0 Å². The molecule has 0 saturated heterocycles. The first kappa shape index (κ1) is 23.3. The van der Waals surface area contributed by atoms with Crippen LogP contribution in [-0.2, 0) is 13.6 Å². The van der Waals surface area contributed by atoms with Gasteiger partial charge < -0.3 is 19.5 Å². The first-order valence-corrected chi connectivity index (χ1v) is 12.8. The van der Waals surface area contributed by atoms with Gasteiger partial charge in [0.25, 0.3) is 0 Å². The van der Waals surface area contributed by atoms with E-state index in [0.717, 1.165) is 27.2 Å². The van der Waals surface area contributed by atoms with E-state index in [1.807, 2.05) is 100 Å². The Kier molecular flexibility index (Phi) is 6.76. The molecule has 0 bridgehead atoms. The van der Waals surface area contributed by atoms with Crippen LogP contribution in [0.4, 0.5) is 5.69 Å². The number of rotatable bonds is 8. The monoisotopic (exact) mass is 463 g/mol. The lowest BCUT2D eigenvalue weighted by atomic mass is 10.0. The number of hydrogen-bond donors (Lipinski definition) is 2. The molecule has 4 aromatic rings. The number of phenolic OH excluding ortho intramolecular Hbond substituents is 1. The molecule has 0 fully saturated rings. The number of aromatic hydroxyl groups is 1. The van der Waals surface area contributed by atoms with Gasteiger partial charge >= 0.3 is 7.60 Å². The maximum Gasteiger partial charge on any atom is 0.357 e. The van der Waals surface area contributed by atoms with E-state index < -0.39 is 13.4 Å². The Bertz CT molecular complexity index is 1300. The fourth-order valence-corrected chi connectivity index (χ4v) is 6.42. The van der Waals surface area contributed by atoms with E-state index in [-0.39, 0.29) is 18.0 Å². The van der Waals surface area contributed by atoms with Crippen LogP contribution >= 0.6 is 7.60 Å². The summed E-state index contributed by atoms with van der Waals surface area (Å²) in [6.07, 6.45) is -0.680. The zero-order valence-corrected chi connectivity index (χ0v) is 20.3. The number of phenols is 1. The van der Waals surface area contributed by atoms with Gasteiger partial charge in [0.1, 0.15) is 5.75 Å². The van der Waals surface area contributed by atoms with Crippen molar-refractivity contribution in [2.75, 3.05) is 5.32 Å². The van der Waals surface area contributed by atoms with Crippen molar-refractivity contribution in [3.8, 4) is 5.75 Å². The van der Waals surface area contributed by atoms with Gasteiger partial charge in [-0.25, -0.2) is 0 Å². The van der Waals surface area contributed by atoms with Crippen LogP contribution in [0.15, 0.2) is 78.9 Å². The van der Waals surface area contributed by atoms with Crippen molar-refractivity contribution in [3.63, 3.8) is 0 Å². The lowest BCUT2D eigenvalue weighted by Crippen LogP contribution is -2.19.